The Morgan fingerprint density at radius 1 is 0.955 bits per heavy atom. The van der Waals surface area contributed by atoms with Crippen LogP contribution in [-0.2, 0) is 15.1 Å². The summed E-state index contributed by atoms with van der Waals surface area (Å²) in [7, 11) is 0. The molecule has 0 aliphatic carbocycles. The predicted molar refractivity (Wildman–Crippen MR) is 83.9 cm³/mol. The summed E-state index contributed by atoms with van der Waals surface area (Å²) in [6.45, 7) is 6.73. The van der Waals surface area contributed by atoms with E-state index < -0.39 is 11.6 Å². The Hall–Kier alpha value is -2.49. The first-order chi connectivity index (χ1) is 10.2. The summed E-state index contributed by atoms with van der Waals surface area (Å²) in [5, 5.41) is 19.4. The summed E-state index contributed by atoms with van der Waals surface area (Å²) >= 11 is 0. The first kappa shape index (κ1) is 15.9. The second kappa shape index (κ2) is 5.72. The zero-order chi connectivity index (χ0) is 16.5. The minimum absolute atomic E-state index is 0.191. The van der Waals surface area contributed by atoms with Gasteiger partial charge in [-0.15, -0.1) is 0 Å². The Balaban J connectivity index is 2.62. The van der Waals surface area contributed by atoms with E-state index in [-0.39, 0.29) is 11.5 Å². The second-order valence-corrected chi connectivity index (χ2v) is 5.63. The molecule has 116 valence electrons. The summed E-state index contributed by atoms with van der Waals surface area (Å²) < 4.78 is 5.60. The first-order valence-corrected chi connectivity index (χ1v) is 7.04. The fraction of sp³-hybridized carbons (Fsp3) is 0.278. The fourth-order valence-electron chi connectivity index (χ4n) is 2.48. The standard InChI is InChI=1S/C18H20O4/c1-11-9-14(5-7-16(11)20)18(4,22-13(3)19)15-6-8-17(21)12(2)10-15/h5-10,20-21H,1-4H3. The van der Waals surface area contributed by atoms with Crippen LogP contribution in [0.4, 0.5) is 0 Å². The number of aromatic hydroxyl groups is 2. The molecule has 0 atom stereocenters. The minimum Gasteiger partial charge on any atom is -0.508 e. The molecular weight excluding hydrogens is 280 g/mol. The van der Waals surface area contributed by atoms with Gasteiger partial charge >= 0.3 is 5.97 Å². The molecular formula is C18H20O4. The van der Waals surface area contributed by atoms with Crippen LogP contribution in [0, 0.1) is 13.8 Å². The van der Waals surface area contributed by atoms with Gasteiger partial charge in [-0.2, -0.15) is 0 Å². The summed E-state index contributed by atoms with van der Waals surface area (Å²) in [6.07, 6.45) is 0. The maximum absolute atomic E-state index is 11.6. The average molecular weight is 300 g/mol. The molecule has 0 bridgehead atoms. The normalized spacial score (nSPS) is 11.3. The van der Waals surface area contributed by atoms with Crippen LogP contribution in [-0.4, -0.2) is 16.2 Å². The van der Waals surface area contributed by atoms with Gasteiger partial charge in [-0.1, -0.05) is 12.1 Å². The molecule has 0 heterocycles. The molecule has 0 aliphatic heterocycles. The molecule has 0 fully saturated rings. The number of phenolic OH excluding ortho intramolecular Hbond substituents is 2. The van der Waals surface area contributed by atoms with E-state index >= 15 is 0 Å². The van der Waals surface area contributed by atoms with Gasteiger partial charge in [-0.25, -0.2) is 0 Å². The van der Waals surface area contributed by atoms with E-state index in [1.807, 2.05) is 0 Å². The number of aryl methyl sites for hydroxylation is 2. The van der Waals surface area contributed by atoms with Crippen molar-refractivity contribution in [2.45, 2.75) is 33.3 Å². The number of rotatable bonds is 3. The zero-order valence-electron chi connectivity index (χ0n) is 13.2. The largest absolute Gasteiger partial charge is 0.508 e. The highest BCUT2D eigenvalue weighted by Gasteiger charge is 2.33. The number of carbonyl (C=O) groups is 1. The molecule has 4 heteroatoms. The van der Waals surface area contributed by atoms with E-state index in [0.717, 1.165) is 11.1 Å². The van der Waals surface area contributed by atoms with E-state index in [2.05, 4.69) is 0 Å². The van der Waals surface area contributed by atoms with E-state index in [9.17, 15) is 15.0 Å². The Morgan fingerprint density at radius 2 is 1.36 bits per heavy atom. The lowest BCUT2D eigenvalue weighted by Gasteiger charge is -2.31. The molecule has 4 nitrogen and oxygen atoms in total. The molecule has 2 rings (SSSR count). The molecule has 2 N–H and O–H groups in total. The van der Waals surface area contributed by atoms with Gasteiger partial charge in [0.15, 0.2) is 5.60 Å². The van der Waals surface area contributed by atoms with Gasteiger partial charge in [0.2, 0.25) is 0 Å². The van der Waals surface area contributed by atoms with E-state index in [0.29, 0.717) is 11.1 Å². The van der Waals surface area contributed by atoms with Gasteiger partial charge in [-0.3, -0.25) is 4.79 Å². The van der Waals surface area contributed by atoms with Crippen LogP contribution in [0.3, 0.4) is 0 Å². The van der Waals surface area contributed by atoms with Crippen molar-refractivity contribution in [3.05, 3.63) is 58.7 Å². The van der Waals surface area contributed by atoms with E-state index in [1.165, 1.54) is 6.92 Å². The van der Waals surface area contributed by atoms with Crippen molar-refractivity contribution in [3.8, 4) is 11.5 Å². The lowest BCUT2D eigenvalue weighted by Crippen LogP contribution is -2.29. The molecule has 0 aliphatic rings. The van der Waals surface area contributed by atoms with Crippen molar-refractivity contribution < 1.29 is 19.7 Å². The monoisotopic (exact) mass is 300 g/mol. The van der Waals surface area contributed by atoms with Crippen molar-refractivity contribution in [2.75, 3.05) is 0 Å². The number of phenols is 2. The zero-order valence-corrected chi connectivity index (χ0v) is 13.2. The van der Waals surface area contributed by atoms with Crippen LogP contribution in [0.1, 0.15) is 36.1 Å². The Bertz CT molecular complexity index is 668. The molecule has 0 saturated carbocycles. The van der Waals surface area contributed by atoms with Crippen molar-refractivity contribution in [2.24, 2.45) is 0 Å². The van der Waals surface area contributed by atoms with Gasteiger partial charge in [-0.05, 0) is 56.2 Å². The number of esters is 1. The maximum Gasteiger partial charge on any atom is 0.303 e. The van der Waals surface area contributed by atoms with Crippen molar-refractivity contribution >= 4 is 5.97 Å². The summed E-state index contributed by atoms with van der Waals surface area (Å²) in [5.41, 5.74) is 1.91. The summed E-state index contributed by atoms with van der Waals surface area (Å²) in [5.74, 6) is -0.0226. The van der Waals surface area contributed by atoms with Gasteiger partial charge in [0.25, 0.3) is 0 Å². The van der Waals surface area contributed by atoms with Crippen LogP contribution >= 0.6 is 0 Å². The minimum atomic E-state index is -0.997. The molecule has 22 heavy (non-hydrogen) atoms. The molecule has 0 aromatic heterocycles. The third-order valence-corrected chi connectivity index (χ3v) is 3.84. The van der Waals surface area contributed by atoms with Gasteiger partial charge in [0, 0.05) is 18.1 Å². The number of carbonyl (C=O) groups excluding carboxylic acids is 1. The predicted octanol–water partition coefficient (Wildman–Crippen LogP) is 3.54. The third kappa shape index (κ3) is 2.91. The molecule has 0 spiro atoms. The SMILES string of the molecule is CC(=O)OC(C)(c1ccc(O)c(C)c1)c1ccc(O)c(C)c1. The van der Waals surface area contributed by atoms with Gasteiger partial charge in [0.05, 0.1) is 0 Å². The topological polar surface area (TPSA) is 66.8 Å². The number of ether oxygens (including phenoxy) is 1. The van der Waals surface area contributed by atoms with E-state index in [4.69, 9.17) is 4.74 Å². The molecule has 0 radical (unpaired) electrons. The lowest BCUT2D eigenvalue weighted by molar-refractivity contribution is -0.152. The van der Waals surface area contributed by atoms with Crippen LogP contribution in [0.2, 0.25) is 0 Å². The van der Waals surface area contributed by atoms with Crippen LogP contribution < -0.4 is 0 Å². The number of benzene rings is 2. The lowest BCUT2D eigenvalue weighted by atomic mass is 9.86. The van der Waals surface area contributed by atoms with Crippen LogP contribution in [0.5, 0.6) is 11.5 Å². The van der Waals surface area contributed by atoms with Crippen molar-refractivity contribution in [1.29, 1.82) is 0 Å². The quantitative estimate of drug-likeness (QED) is 0.851. The van der Waals surface area contributed by atoms with Crippen molar-refractivity contribution in [3.63, 3.8) is 0 Å². The number of hydrogen-bond donors (Lipinski definition) is 2. The van der Waals surface area contributed by atoms with E-state index in [1.54, 1.807) is 57.2 Å². The molecule has 0 saturated heterocycles. The maximum atomic E-state index is 11.6. The smallest absolute Gasteiger partial charge is 0.303 e. The van der Waals surface area contributed by atoms with Gasteiger partial charge in [0.1, 0.15) is 11.5 Å². The fourth-order valence-corrected chi connectivity index (χ4v) is 2.48. The summed E-state index contributed by atoms with van der Waals surface area (Å²) in [4.78, 5) is 11.6. The molecule has 0 unspecified atom stereocenters. The third-order valence-electron chi connectivity index (χ3n) is 3.84. The van der Waals surface area contributed by atoms with Crippen LogP contribution in [0.15, 0.2) is 36.4 Å². The highest BCUT2D eigenvalue weighted by molar-refractivity contribution is 5.67. The average Bonchev–Trinajstić information content (AvgIpc) is 2.43. The Kier molecular flexibility index (Phi) is 4.13. The highest BCUT2D eigenvalue weighted by atomic mass is 16.6. The van der Waals surface area contributed by atoms with Gasteiger partial charge < -0.3 is 14.9 Å². The van der Waals surface area contributed by atoms with Crippen molar-refractivity contribution in [1.82, 2.24) is 0 Å². The number of hydrogen-bond acceptors (Lipinski definition) is 4. The summed E-state index contributed by atoms with van der Waals surface area (Å²) in [6, 6.07) is 10.2. The first-order valence-electron chi connectivity index (χ1n) is 7.04. The molecule has 0 amide bonds. The highest BCUT2D eigenvalue weighted by Crippen LogP contribution is 2.37. The van der Waals surface area contributed by atoms with Crippen LogP contribution in [0.25, 0.3) is 0 Å². The second-order valence-electron chi connectivity index (χ2n) is 5.63. The Morgan fingerprint density at radius 3 is 1.68 bits per heavy atom. The molecule has 2 aromatic rings. The Labute approximate surface area is 130 Å². The molecule has 2 aromatic carbocycles.